The van der Waals surface area contributed by atoms with E-state index in [9.17, 15) is 43.2 Å². The number of unbranched alkanes of at least 4 members (excludes halogenated alkanes) is 29. The van der Waals surface area contributed by atoms with Crippen molar-refractivity contribution in [3.8, 4) is 0 Å². The van der Waals surface area contributed by atoms with Crippen LogP contribution in [0, 0.1) is 5.92 Å². The lowest BCUT2D eigenvalue weighted by molar-refractivity contribution is -0.161. The number of allylic oxidation sites excluding steroid dienone is 4. The van der Waals surface area contributed by atoms with Gasteiger partial charge >= 0.3 is 39.5 Å². The molecule has 5 atom stereocenters. The molecule has 2 unspecified atom stereocenters. The van der Waals surface area contributed by atoms with Crippen molar-refractivity contribution >= 4 is 39.5 Å². The molecule has 0 aromatic rings. The second-order valence-electron chi connectivity index (χ2n) is 22.2. The van der Waals surface area contributed by atoms with Gasteiger partial charge in [0.25, 0.3) is 0 Å². The van der Waals surface area contributed by atoms with Crippen molar-refractivity contribution in [2.45, 2.75) is 303 Å². The Balaban J connectivity index is 5.24. The van der Waals surface area contributed by atoms with Crippen LogP contribution >= 0.6 is 15.6 Å². The third kappa shape index (κ3) is 56.4. The molecular formula is C62H116O17P2. The van der Waals surface area contributed by atoms with Gasteiger partial charge < -0.3 is 33.8 Å². The number of hydrogen-bond acceptors (Lipinski definition) is 15. The maximum Gasteiger partial charge on any atom is 0.472 e. The monoisotopic (exact) mass is 1190 g/mol. The number of aliphatic hydroxyl groups excluding tert-OH is 1. The Labute approximate surface area is 491 Å². The van der Waals surface area contributed by atoms with E-state index in [-0.39, 0.29) is 25.7 Å². The van der Waals surface area contributed by atoms with Gasteiger partial charge in [0.1, 0.15) is 19.3 Å². The molecule has 17 nitrogen and oxygen atoms in total. The van der Waals surface area contributed by atoms with Gasteiger partial charge in [0.2, 0.25) is 0 Å². The summed E-state index contributed by atoms with van der Waals surface area (Å²) < 4.78 is 67.7. The molecule has 0 aromatic heterocycles. The summed E-state index contributed by atoms with van der Waals surface area (Å²) in [6.07, 6.45) is 41.4. The van der Waals surface area contributed by atoms with Crippen LogP contribution < -0.4 is 0 Å². The lowest BCUT2D eigenvalue weighted by Crippen LogP contribution is -2.30. The van der Waals surface area contributed by atoms with Crippen LogP contribution in [0.2, 0.25) is 0 Å². The summed E-state index contributed by atoms with van der Waals surface area (Å²) in [5, 5.41) is 10.5. The van der Waals surface area contributed by atoms with Crippen molar-refractivity contribution in [2.75, 3.05) is 39.6 Å². The van der Waals surface area contributed by atoms with E-state index in [4.69, 9.17) is 37.0 Å². The fourth-order valence-corrected chi connectivity index (χ4v) is 10.3. The summed E-state index contributed by atoms with van der Waals surface area (Å²) in [7, 11) is -9.89. The van der Waals surface area contributed by atoms with Crippen molar-refractivity contribution < 1.29 is 80.2 Å². The van der Waals surface area contributed by atoms with Crippen molar-refractivity contribution in [3.63, 3.8) is 0 Å². The first kappa shape index (κ1) is 78.5. The molecule has 0 radical (unpaired) electrons. The first-order chi connectivity index (χ1) is 39.0. The van der Waals surface area contributed by atoms with Gasteiger partial charge in [-0.15, -0.1) is 0 Å². The molecule has 0 saturated heterocycles. The van der Waals surface area contributed by atoms with E-state index in [2.05, 4.69) is 58.9 Å². The van der Waals surface area contributed by atoms with Crippen LogP contribution in [0.25, 0.3) is 0 Å². The fourth-order valence-electron chi connectivity index (χ4n) is 8.69. The predicted octanol–water partition coefficient (Wildman–Crippen LogP) is 16.6. The minimum Gasteiger partial charge on any atom is -0.462 e. The molecule has 0 aromatic carbocycles. The molecule has 0 saturated carbocycles. The van der Waals surface area contributed by atoms with Crippen LogP contribution in [0.5, 0.6) is 0 Å². The summed E-state index contributed by atoms with van der Waals surface area (Å²) in [5.74, 6) is -1.50. The summed E-state index contributed by atoms with van der Waals surface area (Å²) in [4.78, 5) is 71.9. The van der Waals surface area contributed by atoms with Gasteiger partial charge in [-0.05, 0) is 57.3 Å². The van der Waals surface area contributed by atoms with E-state index in [0.29, 0.717) is 31.6 Å². The normalized spacial score (nSPS) is 14.5. The Hall–Kier alpha value is -2.46. The average Bonchev–Trinajstić information content (AvgIpc) is 3.44. The molecule has 81 heavy (non-hydrogen) atoms. The van der Waals surface area contributed by atoms with E-state index in [1.54, 1.807) is 0 Å². The highest BCUT2D eigenvalue weighted by atomic mass is 31.2. The number of hydrogen-bond donors (Lipinski definition) is 3. The lowest BCUT2D eigenvalue weighted by Gasteiger charge is -2.21. The number of phosphoric acid groups is 2. The van der Waals surface area contributed by atoms with Gasteiger partial charge in [-0.3, -0.25) is 37.3 Å². The fraction of sp³-hybridized carbons (Fsp3) is 0.871. The quantitative estimate of drug-likeness (QED) is 0.0169. The summed E-state index contributed by atoms with van der Waals surface area (Å²) >= 11 is 0. The Morgan fingerprint density at radius 2 is 0.667 bits per heavy atom. The molecule has 0 heterocycles. The minimum absolute atomic E-state index is 0.0839. The molecule has 0 aliphatic rings. The second kappa shape index (κ2) is 55.4. The van der Waals surface area contributed by atoms with E-state index in [1.807, 2.05) is 0 Å². The highest BCUT2D eigenvalue weighted by Gasteiger charge is 2.30. The Morgan fingerprint density at radius 1 is 0.383 bits per heavy atom. The van der Waals surface area contributed by atoms with Crippen LogP contribution in [-0.4, -0.2) is 96.7 Å². The van der Waals surface area contributed by atoms with E-state index < -0.39 is 97.5 Å². The zero-order valence-corrected chi connectivity index (χ0v) is 53.2. The van der Waals surface area contributed by atoms with Gasteiger partial charge in [0.05, 0.1) is 26.4 Å². The van der Waals surface area contributed by atoms with Crippen LogP contribution in [0.3, 0.4) is 0 Å². The number of ether oxygens (including phenoxy) is 4. The molecule has 0 fully saturated rings. The molecule has 0 bridgehead atoms. The highest BCUT2D eigenvalue weighted by molar-refractivity contribution is 7.47. The largest absolute Gasteiger partial charge is 0.472 e. The van der Waals surface area contributed by atoms with Crippen molar-refractivity contribution in [3.05, 3.63) is 24.3 Å². The molecule has 0 spiro atoms. The third-order valence-electron chi connectivity index (χ3n) is 13.7. The van der Waals surface area contributed by atoms with Crippen LogP contribution in [0.15, 0.2) is 24.3 Å². The first-order valence-electron chi connectivity index (χ1n) is 32.0. The van der Waals surface area contributed by atoms with Gasteiger partial charge in [-0.1, -0.05) is 232 Å². The maximum atomic E-state index is 12.9. The second-order valence-corrected chi connectivity index (χ2v) is 25.1. The number of aliphatic hydroxyl groups is 1. The van der Waals surface area contributed by atoms with Crippen LogP contribution in [0.4, 0.5) is 0 Å². The maximum absolute atomic E-state index is 12.9. The minimum atomic E-state index is -4.95. The lowest BCUT2D eigenvalue weighted by atomic mass is 10.0. The molecule has 3 N–H and O–H groups in total. The zero-order chi connectivity index (χ0) is 59.9. The molecular weight excluding hydrogens is 1080 g/mol. The Morgan fingerprint density at radius 3 is 1.01 bits per heavy atom. The highest BCUT2D eigenvalue weighted by Crippen LogP contribution is 2.45. The van der Waals surface area contributed by atoms with Gasteiger partial charge in [-0.2, -0.15) is 0 Å². The Kier molecular flexibility index (Phi) is 53.7. The SMILES string of the molecule is CCCCCC/C=C\C=C/CCCCCCCC(=O)O[C@H](COC(=O)CCCCCCCCC(C)C)COP(=O)(O)OC[C@@H](O)COP(=O)(O)OC[C@@H](COC(=O)CCCCCCCCCC)OC(=O)CCCCCCCCCCC. The van der Waals surface area contributed by atoms with Crippen LogP contribution in [0.1, 0.15) is 285 Å². The molecule has 0 amide bonds. The number of carbonyl (C=O) groups is 4. The number of esters is 4. The third-order valence-corrected chi connectivity index (χ3v) is 15.6. The zero-order valence-electron chi connectivity index (χ0n) is 51.4. The van der Waals surface area contributed by atoms with Gasteiger partial charge in [0.15, 0.2) is 12.2 Å². The number of rotatable bonds is 60. The van der Waals surface area contributed by atoms with Crippen molar-refractivity contribution in [1.29, 1.82) is 0 Å². The smallest absolute Gasteiger partial charge is 0.462 e. The topological polar surface area (TPSA) is 237 Å². The predicted molar refractivity (Wildman–Crippen MR) is 321 cm³/mol. The van der Waals surface area contributed by atoms with E-state index in [0.717, 1.165) is 116 Å². The Bertz CT molecular complexity index is 1680. The first-order valence-corrected chi connectivity index (χ1v) is 34.9. The standard InChI is InChI=1S/C62H116O17P2/c1-6-9-12-15-18-21-22-23-24-25-26-28-31-38-43-48-62(67)79-58(52-73-60(65)46-41-36-33-32-34-39-44-55(4)5)54-77-81(70,71)75-50-56(63)49-74-80(68,69)76-53-57(51-72-59(64)45-40-35-29-20-17-14-11-8-3)78-61(66)47-42-37-30-27-19-16-13-10-7-2/h21-24,55-58,63H,6-20,25-54H2,1-5H3,(H,68,69)(H,70,71)/b22-21-,24-23-/t56-,57+,58+/m0/s1. The molecule has 0 aliphatic heterocycles. The molecule has 19 heteroatoms. The van der Waals surface area contributed by atoms with Gasteiger partial charge in [0, 0.05) is 25.7 Å². The van der Waals surface area contributed by atoms with Crippen molar-refractivity contribution in [1.82, 2.24) is 0 Å². The van der Waals surface area contributed by atoms with Crippen LogP contribution in [-0.2, 0) is 65.4 Å². The molecule has 476 valence electrons. The number of phosphoric ester groups is 2. The summed E-state index contributed by atoms with van der Waals surface area (Å²) in [5.41, 5.74) is 0. The number of carbonyl (C=O) groups excluding carboxylic acids is 4. The van der Waals surface area contributed by atoms with E-state index in [1.165, 1.54) is 83.5 Å². The van der Waals surface area contributed by atoms with E-state index >= 15 is 0 Å². The average molecular weight is 1200 g/mol. The summed E-state index contributed by atoms with van der Waals surface area (Å²) in [6.45, 7) is 6.98. The van der Waals surface area contributed by atoms with Crippen molar-refractivity contribution in [2.24, 2.45) is 5.92 Å². The van der Waals surface area contributed by atoms with Gasteiger partial charge in [-0.25, -0.2) is 9.13 Å². The molecule has 0 rings (SSSR count). The summed E-state index contributed by atoms with van der Waals surface area (Å²) in [6, 6.07) is 0. The molecule has 0 aliphatic carbocycles.